The fraction of sp³-hybridized carbons (Fsp3) is 0. The minimum atomic E-state index is -0.151. The minimum absolute atomic E-state index is 0.151. The maximum Gasteiger partial charge on any atom is 0.299 e. The number of fused-ring (bicyclic) bond motifs is 8. The molecule has 5 nitrogen and oxygen atoms in total. The van der Waals surface area contributed by atoms with Gasteiger partial charge in [0, 0.05) is 20.9 Å². The van der Waals surface area contributed by atoms with Gasteiger partial charge in [-0.25, -0.2) is 4.98 Å². The molecule has 38 heavy (non-hydrogen) atoms. The highest BCUT2D eigenvalue weighted by Crippen LogP contribution is 2.34. The number of aromatic nitrogens is 4. The summed E-state index contributed by atoms with van der Waals surface area (Å²) in [5.41, 5.74) is 7.82. The lowest BCUT2D eigenvalue weighted by atomic mass is 10.1. The number of imidazole rings is 1. The predicted molar refractivity (Wildman–Crippen MR) is 158 cm³/mol. The van der Waals surface area contributed by atoms with Crippen LogP contribution < -0.4 is 5.56 Å². The van der Waals surface area contributed by atoms with Gasteiger partial charge in [0.25, 0.3) is 5.56 Å². The second kappa shape index (κ2) is 7.91. The lowest BCUT2D eigenvalue weighted by Crippen LogP contribution is -2.21. The third-order valence-electron chi connectivity index (χ3n) is 7.30. The van der Waals surface area contributed by atoms with Crippen LogP contribution in [0, 0.1) is 0 Å². The van der Waals surface area contributed by atoms with E-state index in [-0.39, 0.29) is 5.56 Å². The first-order valence-corrected chi connectivity index (χ1v) is 13.2. The van der Waals surface area contributed by atoms with Crippen molar-refractivity contribution in [2.45, 2.75) is 0 Å². The molecule has 0 saturated heterocycles. The molecule has 0 aliphatic carbocycles. The van der Waals surface area contributed by atoms with Crippen molar-refractivity contribution in [3.8, 4) is 11.4 Å². The number of hydrogen-bond donors (Lipinski definition) is 0. The smallest absolute Gasteiger partial charge is 0.299 e. The lowest BCUT2D eigenvalue weighted by Gasteiger charge is -2.14. The average molecular weight is 555 g/mol. The normalized spacial score (nSPS) is 11.9. The molecular weight excluding hydrogens is 536 g/mol. The molecule has 0 saturated carbocycles. The van der Waals surface area contributed by atoms with Crippen LogP contribution in [0.15, 0.2) is 125 Å². The number of rotatable bonds is 2. The average Bonchev–Trinajstić information content (AvgIpc) is 3.51. The van der Waals surface area contributed by atoms with Crippen molar-refractivity contribution in [2.75, 3.05) is 0 Å². The number of hydrogen-bond acceptors (Lipinski definition) is 2. The SMILES string of the molecule is O=c1c2nc3ccccc3n2c2cc(Br)ccc2n1-c1ccc2c(c1)c1ccccc1n2-c1ccccc1. The fourth-order valence-electron chi connectivity index (χ4n) is 5.70. The van der Waals surface area contributed by atoms with Gasteiger partial charge in [-0.2, -0.15) is 0 Å². The maximum atomic E-state index is 14.1. The Kier molecular flexibility index (Phi) is 4.46. The third kappa shape index (κ3) is 2.92. The molecule has 0 atom stereocenters. The maximum absolute atomic E-state index is 14.1. The van der Waals surface area contributed by atoms with E-state index in [9.17, 15) is 4.79 Å². The Morgan fingerprint density at radius 2 is 1.26 bits per heavy atom. The van der Waals surface area contributed by atoms with E-state index in [0.717, 1.165) is 59.7 Å². The van der Waals surface area contributed by atoms with Crippen LogP contribution in [0.4, 0.5) is 0 Å². The van der Waals surface area contributed by atoms with Crippen LogP contribution in [0.1, 0.15) is 0 Å². The first-order valence-electron chi connectivity index (χ1n) is 12.4. The Morgan fingerprint density at radius 3 is 2.13 bits per heavy atom. The molecular formula is C32H19BrN4O. The van der Waals surface area contributed by atoms with Gasteiger partial charge in [-0.1, -0.05) is 64.5 Å². The first kappa shape index (κ1) is 21.4. The summed E-state index contributed by atoms with van der Waals surface area (Å²) in [6.07, 6.45) is 0. The molecule has 0 radical (unpaired) electrons. The van der Waals surface area contributed by atoms with Gasteiger partial charge in [-0.15, -0.1) is 0 Å². The molecule has 0 spiro atoms. The second-order valence-corrected chi connectivity index (χ2v) is 10.3. The van der Waals surface area contributed by atoms with Gasteiger partial charge >= 0.3 is 0 Å². The molecule has 0 fully saturated rings. The van der Waals surface area contributed by atoms with E-state index in [0.29, 0.717) is 5.65 Å². The van der Waals surface area contributed by atoms with E-state index in [1.807, 2.05) is 59.0 Å². The van der Waals surface area contributed by atoms with Gasteiger partial charge in [0.2, 0.25) is 5.65 Å². The van der Waals surface area contributed by atoms with Gasteiger partial charge in [-0.3, -0.25) is 13.8 Å². The molecule has 8 aromatic rings. The van der Waals surface area contributed by atoms with Gasteiger partial charge in [0.15, 0.2) is 0 Å². The largest absolute Gasteiger partial charge is 0.309 e. The number of halogens is 1. The van der Waals surface area contributed by atoms with E-state index in [2.05, 4.69) is 81.2 Å². The van der Waals surface area contributed by atoms with Crippen molar-refractivity contribution >= 4 is 65.4 Å². The van der Waals surface area contributed by atoms with E-state index < -0.39 is 0 Å². The standard InChI is InChI=1S/C32H19BrN4O/c33-20-14-16-29-30(18-20)37-28-13-7-5-11-25(28)34-31(37)32(38)36(29)22-15-17-27-24(19-22)23-10-4-6-12-26(23)35(27)21-8-2-1-3-9-21/h1-19H. The monoisotopic (exact) mass is 554 g/mol. The van der Waals surface area contributed by atoms with Crippen LogP contribution in [0.2, 0.25) is 0 Å². The quantitative estimate of drug-likeness (QED) is 0.220. The highest BCUT2D eigenvalue weighted by Gasteiger charge is 2.19. The number of para-hydroxylation sites is 4. The predicted octanol–water partition coefficient (Wildman–Crippen LogP) is 7.65. The molecule has 0 aliphatic heterocycles. The van der Waals surface area contributed by atoms with E-state index in [1.54, 1.807) is 4.57 Å². The zero-order valence-electron chi connectivity index (χ0n) is 20.0. The summed E-state index contributed by atoms with van der Waals surface area (Å²) in [7, 11) is 0. The van der Waals surface area contributed by atoms with Crippen LogP contribution >= 0.6 is 15.9 Å². The second-order valence-electron chi connectivity index (χ2n) is 9.42. The molecule has 0 aliphatic rings. The Hall–Kier alpha value is -4.68. The summed E-state index contributed by atoms with van der Waals surface area (Å²) < 4.78 is 6.97. The molecule has 8 rings (SSSR count). The van der Waals surface area contributed by atoms with Crippen LogP contribution in [-0.4, -0.2) is 18.5 Å². The van der Waals surface area contributed by atoms with Gasteiger partial charge in [0.1, 0.15) is 0 Å². The van der Waals surface area contributed by atoms with Crippen LogP contribution in [0.5, 0.6) is 0 Å². The summed E-state index contributed by atoms with van der Waals surface area (Å²) in [5.74, 6) is 0. The first-order chi connectivity index (χ1) is 18.7. The van der Waals surface area contributed by atoms with Crippen LogP contribution in [0.3, 0.4) is 0 Å². The van der Waals surface area contributed by atoms with Crippen molar-refractivity contribution in [3.05, 3.63) is 130 Å². The minimum Gasteiger partial charge on any atom is -0.309 e. The third-order valence-corrected chi connectivity index (χ3v) is 7.80. The molecule has 180 valence electrons. The topological polar surface area (TPSA) is 44.2 Å². The van der Waals surface area contributed by atoms with Gasteiger partial charge < -0.3 is 4.57 Å². The van der Waals surface area contributed by atoms with Crippen molar-refractivity contribution in [1.82, 2.24) is 18.5 Å². The zero-order valence-corrected chi connectivity index (χ0v) is 21.6. The molecule has 0 unspecified atom stereocenters. The molecule has 3 aromatic heterocycles. The Bertz CT molecular complexity index is 2280. The van der Waals surface area contributed by atoms with E-state index in [1.165, 1.54) is 0 Å². The van der Waals surface area contributed by atoms with Crippen molar-refractivity contribution in [3.63, 3.8) is 0 Å². The van der Waals surface area contributed by atoms with E-state index >= 15 is 0 Å². The lowest BCUT2D eigenvalue weighted by molar-refractivity contribution is 1.02. The van der Waals surface area contributed by atoms with Crippen LogP contribution in [-0.2, 0) is 0 Å². The molecule has 0 N–H and O–H groups in total. The molecule has 5 aromatic carbocycles. The summed E-state index contributed by atoms with van der Waals surface area (Å²) in [4.78, 5) is 18.8. The molecule has 3 heterocycles. The van der Waals surface area contributed by atoms with Crippen LogP contribution in [0.25, 0.3) is 60.9 Å². The Balaban J connectivity index is 1.50. The molecule has 0 bridgehead atoms. The molecule has 6 heteroatoms. The fourth-order valence-corrected chi connectivity index (χ4v) is 6.05. The summed E-state index contributed by atoms with van der Waals surface area (Å²) in [5, 5.41) is 2.23. The number of benzene rings is 5. The molecule has 0 amide bonds. The highest BCUT2D eigenvalue weighted by molar-refractivity contribution is 9.10. The van der Waals surface area contributed by atoms with Crippen molar-refractivity contribution in [1.29, 1.82) is 0 Å². The number of nitrogens with zero attached hydrogens (tertiary/aromatic N) is 4. The van der Waals surface area contributed by atoms with Crippen molar-refractivity contribution < 1.29 is 0 Å². The van der Waals surface area contributed by atoms with Gasteiger partial charge in [0.05, 0.1) is 38.8 Å². The van der Waals surface area contributed by atoms with Crippen molar-refractivity contribution in [2.24, 2.45) is 0 Å². The highest BCUT2D eigenvalue weighted by atomic mass is 79.9. The Morgan fingerprint density at radius 1 is 0.553 bits per heavy atom. The van der Waals surface area contributed by atoms with E-state index in [4.69, 9.17) is 4.98 Å². The summed E-state index contributed by atoms with van der Waals surface area (Å²) in [6, 6.07) is 38.9. The van der Waals surface area contributed by atoms with Gasteiger partial charge in [-0.05, 0) is 66.7 Å². The Labute approximate surface area is 224 Å². The zero-order chi connectivity index (χ0) is 25.4. The summed E-state index contributed by atoms with van der Waals surface area (Å²) in [6.45, 7) is 0. The summed E-state index contributed by atoms with van der Waals surface area (Å²) >= 11 is 3.63.